The fourth-order valence-corrected chi connectivity index (χ4v) is 1.02. The average Bonchev–Trinajstić information content (AvgIpc) is 2.09. The van der Waals surface area contributed by atoms with Gasteiger partial charge in [-0.1, -0.05) is 6.07 Å². The Balaban J connectivity index is 3.04. The van der Waals surface area contributed by atoms with Crippen LogP contribution < -0.4 is 5.73 Å². The Hall–Kier alpha value is -1.49. The molecule has 0 aliphatic heterocycles. The van der Waals surface area contributed by atoms with Crippen molar-refractivity contribution in [3.8, 4) is 0 Å². The normalized spacial score (nSPS) is 12.5. The van der Waals surface area contributed by atoms with Crippen molar-refractivity contribution >= 4 is 5.97 Å². The first-order valence-corrected chi connectivity index (χ1v) is 3.70. The molecular formula is C8H9FN2O2. The molecular weight excluding hydrogens is 175 g/mol. The molecule has 5 heteroatoms. The highest BCUT2D eigenvalue weighted by Crippen LogP contribution is 2.16. The number of nitrogens with zero attached hydrogens (tertiary/aromatic N) is 1. The molecule has 0 saturated carbocycles. The van der Waals surface area contributed by atoms with Crippen molar-refractivity contribution < 1.29 is 14.3 Å². The molecule has 0 radical (unpaired) electrons. The van der Waals surface area contributed by atoms with Gasteiger partial charge < -0.3 is 10.8 Å². The van der Waals surface area contributed by atoms with Crippen molar-refractivity contribution in [1.82, 2.24) is 4.98 Å². The highest BCUT2D eigenvalue weighted by molar-refractivity contribution is 5.76. The molecule has 1 aromatic rings. The van der Waals surface area contributed by atoms with Crippen molar-refractivity contribution in [2.75, 3.05) is 6.54 Å². The van der Waals surface area contributed by atoms with Gasteiger partial charge in [0.1, 0.15) is 0 Å². The molecule has 1 heterocycles. The van der Waals surface area contributed by atoms with E-state index in [0.29, 0.717) is 0 Å². The lowest BCUT2D eigenvalue weighted by atomic mass is 10.0. The minimum absolute atomic E-state index is 0.0255. The number of carboxylic acids is 1. The lowest BCUT2D eigenvalue weighted by molar-refractivity contribution is -0.138. The minimum atomic E-state index is -1.14. The summed E-state index contributed by atoms with van der Waals surface area (Å²) in [6.45, 7) is -0.141. The number of carboxylic acid groups (broad SMARTS) is 1. The first kappa shape index (κ1) is 9.60. The zero-order valence-electron chi connectivity index (χ0n) is 6.77. The Kier molecular flexibility index (Phi) is 2.92. The van der Waals surface area contributed by atoms with Crippen LogP contribution in [0.1, 0.15) is 11.5 Å². The van der Waals surface area contributed by atoms with Crippen molar-refractivity contribution in [3.05, 3.63) is 29.8 Å². The molecule has 1 aromatic heterocycles. The van der Waals surface area contributed by atoms with Crippen LogP contribution >= 0.6 is 0 Å². The molecule has 0 bridgehead atoms. The lowest BCUT2D eigenvalue weighted by Crippen LogP contribution is -2.22. The molecule has 70 valence electrons. The number of halogens is 1. The molecule has 0 aliphatic rings. The van der Waals surface area contributed by atoms with E-state index in [0.717, 1.165) is 0 Å². The number of hydrogen-bond donors (Lipinski definition) is 2. The maximum Gasteiger partial charge on any atom is 0.312 e. The van der Waals surface area contributed by atoms with Crippen LogP contribution in [0, 0.1) is 5.95 Å². The van der Waals surface area contributed by atoms with E-state index in [2.05, 4.69) is 4.98 Å². The summed E-state index contributed by atoms with van der Waals surface area (Å²) in [7, 11) is 0. The van der Waals surface area contributed by atoms with E-state index < -0.39 is 17.8 Å². The van der Waals surface area contributed by atoms with Gasteiger partial charge in [0.15, 0.2) is 0 Å². The second-order valence-corrected chi connectivity index (χ2v) is 2.51. The smallest absolute Gasteiger partial charge is 0.312 e. The fraction of sp³-hybridized carbons (Fsp3) is 0.250. The number of nitrogens with two attached hydrogens (primary N) is 1. The van der Waals surface area contributed by atoms with E-state index >= 15 is 0 Å². The second-order valence-electron chi connectivity index (χ2n) is 2.51. The van der Waals surface area contributed by atoms with Gasteiger partial charge in [-0.05, 0) is 6.07 Å². The SMILES string of the molecule is NCC(C(=O)O)c1cccnc1F. The molecule has 1 rings (SSSR count). The van der Waals surface area contributed by atoms with Crippen molar-refractivity contribution in [2.24, 2.45) is 5.73 Å². The number of carbonyl (C=O) groups is 1. The van der Waals surface area contributed by atoms with Crippen molar-refractivity contribution in [1.29, 1.82) is 0 Å². The first-order chi connectivity index (χ1) is 6.16. The van der Waals surface area contributed by atoms with Gasteiger partial charge in [-0.25, -0.2) is 4.98 Å². The summed E-state index contributed by atoms with van der Waals surface area (Å²) >= 11 is 0. The molecule has 4 nitrogen and oxygen atoms in total. The molecule has 1 unspecified atom stereocenters. The Bertz CT molecular complexity index is 317. The van der Waals surface area contributed by atoms with E-state index in [4.69, 9.17) is 10.8 Å². The molecule has 0 saturated heterocycles. The zero-order valence-corrected chi connectivity index (χ0v) is 6.77. The Morgan fingerprint density at radius 2 is 2.46 bits per heavy atom. The standard InChI is InChI=1S/C8H9FN2O2/c9-7-5(2-1-3-11-7)6(4-10)8(12)13/h1-3,6H,4,10H2,(H,12,13). The number of rotatable bonds is 3. The van der Waals surface area contributed by atoms with Gasteiger partial charge in [0, 0.05) is 18.3 Å². The van der Waals surface area contributed by atoms with Crippen LogP contribution in [-0.4, -0.2) is 22.6 Å². The van der Waals surface area contributed by atoms with E-state index in [1.807, 2.05) is 0 Å². The molecule has 0 spiro atoms. The van der Waals surface area contributed by atoms with Crippen molar-refractivity contribution in [3.63, 3.8) is 0 Å². The predicted octanol–water partition coefficient (Wildman–Crippen LogP) is 0.348. The quantitative estimate of drug-likeness (QED) is 0.664. The third kappa shape index (κ3) is 2.00. The Morgan fingerprint density at radius 1 is 1.77 bits per heavy atom. The summed E-state index contributed by atoms with van der Waals surface area (Å²) < 4.78 is 13.0. The average molecular weight is 184 g/mol. The molecule has 0 aliphatic carbocycles. The summed E-state index contributed by atoms with van der Waals surface area (Å²) in [5.41, 5.74) is 5.22. The van der Waals surface area contributed by atoms with Crippen LogP contribution in [0.15, 0.2) is 18.3 Å². The van der Waals surface area contributed by atoms with Crippen LogP contribution in [0.4, 0.5) is 4.39 Å². The predicted molar refractivity (Wildman–Crippen MR) is 43.6 cm³/mol. The summed E-state index contributed by atoms with van der Waals surface area (Å²) in [5.74, 6) is -2.94. The van der Waals surface area contributed by atoms with Gasteiger partial charge in [-0.2, -0.15) is 4.39 Å². The number of hydrogen-bond acceptors (Lipinski definition) is 3. The van der Waals surface area contributed by atoms with E-state index in [1.165, 1.54) is 18.3 Å². The van der Waals surface area contributed by atoms with Crippen LogP contribution in [0.25, 0.3) is 0 Å². The van der Waals surface area contributed by atoms with Gasteiger partial charge >= 0.3 is 5.97 Å². The third-order valence-corrected chi connectivity index (χ3v) is 1.70. The minimum Gasteiger partial charge on any atom is -0.481 e. The summed E-state index contributed by atoms with van der Waals surface area (Å²) in [4.78, 5) is 14.0. The largest absolute Gasteiger partial charge is 0.481 e. The second kappa shape index (κ2) is 3.95. The number of aliphatic carboxylic acids is 1. The lowest BCUT2D eigenvalue weighted by Gasteiger charge is -2.09. The van der Waals surface area contributed by atoms with E-state index in [1.54, 1.807) is 0 Å². The number of pyridine rings is 1. The maximum atomic E-state index is 13.0. The molecule has 0 aromatic carbocycles. The summed E-state index contributed by atoms with van der Waals surface area (Å²) in [6.07, 6.45) is 1.26. The molecule has 1 atom stereocenters. The van der Waals surface area contributed by atoms with Crippen LogP contribution in [-0.2, 0) is 4.79 Å². The van der Waals surface area contributed by atoms with Gasteiger partial charge in [0.25, 0.3) is 0 Å². The fourth-order valence-electron chi connectivity index (χ4n) is 1.02. The maximum absolute atomic E-state index is 13.0. The highest BCUT2D eigenvalue weighted by Gasteiger charge is 2.21. The molecule has 0 amide bonds. The first-order valence-electron chi connectivity index (χ1n) is 3.70. The monoisotopic (exact) mass is 184 g/mol. The highest BCUT2D eigenvalue weighted by atomic mass is 19.1. The summed E-state index contributed by atoms with van der Waals surface area (Å²) in [5, 5.41) is 8.68. The molecule has 13 heavy (non-hydrogen) atoms. The topological polar surface area (TPSA) is 76.2 Å². The van der Waals surface area contributed by atoms with Gasteiger partial charge in [0.05, 0.1) is 5.92 Å². The van der Waals surface area contributed by atoms with Crippen LogP contribution in [0.3, 0.4) is 0 Å². The zero-order chi connectivity index (χ0) is 9.84. The Labute approximate surface area is 74.2 Å². The van der Waals surface area contributed by atoms with Gasteiger partial charge in [-0.3, -0.25) is 4.79 Å². The van der Waals surface area contributed by atoms with Gasteiger partial charge in [-0.15, -0.1) is 0 Å². The van der Waals surface area contributed by atoms with Gasteiger partial charge in [0.2, 0.25) is 5.95 Å². The van der Waals surface area contributed by atoms with E-state index in [9.17, 15) is 9.18 Å². The van der Waals surface area contributed by atoms with E-state index in [-0.39, 0.29) is 12.1 Å². The van der Waals surface area contributed by atoms with Crippen LogP contribution in [0.5, 0.6) is 0 Å². The molecule has 3 N–H and O–H groups in total. The third-order valence-electron chi connectivity index (χ3n) is 1.70. The number of aromatic nitrogens is 1. The Morgan fingerprint density at radius 3 is 2.92 bits per heavy atom. The summed E-state index contributed by atoms with van der Waals surface area (Å²) in [6, 6.07) is 2.85. The molecule has 0 fully saturated rings. The van der Waals surface area contributed by atoms with Crippen molar-refractivity contribution in [2.45, 2.75) is 5.92 Å². The van der Waals surface area contributed by atoms with Crippen LogP contribution in [0.2, 0.25) is 0 Å².